The van der Waals surface area contributed by atoms with Crippen molar-refractivity contribution in [3.63, 3.8) is 0 Å². The number of aromatic nitrogens is 1. The fourth-order valence-electron chi connectivity index (χ4n) is 1.70. The summed E-state index contributed by atoms with van der Waals surface area (Å²) >= 11 is 0. The maximum Gasteiger partial charge on any atom is 0.212 e. The van der Waals surface area contributed by atoms with Crippen molar-refractivity contribution in [1.82, 2.24) is 4.98 Å². The Morgan fingerprint density at radius 1 is 1.29 bits per heavy atom. The van der Waals surface area contributed by atoms with Crippen LogP contribution in [-0.4, -0.2) is 17.9 Å². The fourth-order valence-corrected chi connectivity index (χ4v) is 1.70. The molecule has 0 spiro atoms. The van der Waals surface area contributed by atoms with Crippen molar-refractivity contribution in [3.05, 3.63) is 23.9 Å². The topological polar surface area (TPSA) is 39.2 Å². The molecule has 0 aliphatic carbocycles. The smallest absolute Gasteiger partial charge is 0.212 e. The molecular formula is C14H21NO2. The third-order valence-electron chi connectivity index (χ3n) is 2.72. The first-order valence-electron chi connectivity index (χ1n) is 6.27. The molecule has 1 aromatic heterocycles. The Balaban J connectivity index is 2.29. The molecule has 0 fully saturated rings. The van der Waals surface area contributed by atoms with Gasteiger partial charge in [-0.2, -0.15) is 0 Å². The summed E-state index contributed by atoms with van der Waals surface area (Å²) in [7, 11) is 1.58. The number of nitrogens with zero attached hydrogens (tertiary/aromatic N) is 1. The largest absolute Gasteiger partial charge is 0.481 e. The summed E-state index contributed by atoms with van der Waals surface area (Å²) in [5.41, 5.74) is 0.964. The predicted molar refractivity (Wildman–Crippen MR) is 68.3 cm³/mol. The Morgan fingerprint density at radius 3 is 2.71 bits per heavy atom. The number of ether oxygens (including phenoxy) is 1. The van der Waals surface area contributed by atoms with Crippen molar-refractivity contribution in [1.29, 1.82) is 0 Å². The van der Waals surface area contributed by atoms with Crippen molar-refractivity contribution in [3.8, 4) is 5.88 Å². The minimum atomic E-state index is 0.299. The van der Waals surface area contributed by atoms with Gasteiger partial charge < -0.3 is 4.74 Å². The SMILES string of the molecule is CCCCCCC(=O)Cc1ccc(OC)nc1. The normalized spacial score (nSPS) is 10.2. The van der Waals surface area contributed by atoms with Gasteiger partial charge in [0.1, 0.15) is 5.78 Å². The van der Waals surface area contributed by atoms with Gasteiger partial charge in [0.05, 0.1) is 7.11 Å². The molecule has 0 atom stereocenters. The van der Waals surface area contributed by atoms with E-state index in [9.17, 15) is 4.79 Å². The Hall–Kier alpha value is -1.38. The zero-order chi connectivity index (χ0) is 12.5. The van der Waals surface area contributed by atoms with E-state index in [1.807, 2.05) is 6.07 Å². The summed E-state index contributed by atoms with van der Waals surface area (Å²) in [4.78, 5) is 15.8. The minimum absolute atomic E-state index is 0.299. The Bertz CT molecular complexity index is 333. The van der Waals surface area contributed by atoms with Gasteiger partial charge in [-0.15, -0.1) is 0 Å². The van der Waals surface area contributed by atoms with Crippen LogP contribution in [-0.2, 0) is 11.2 Å². The van der Waals surface area contributed by atoms with Gasteiger partial charge in [-0.05, 0) is 12.0 Å². The number of unbranched alkanes of at least 4 members (excludes halogenated alkanes) is 3. The molecule has 94 valence electrons. The quantitative estimate of drug-likeness (QED) is 0.650. The van der Waals surface area contributed by atoms with E-state index in [1.54, 1.807) is 19.4 Å². The summed E-state index contributed by atoms with van der Waals surface area (Å²) in [6.45, 7) is 2.17. The van der Waals surface area contributed by atoms with Crippen LogP contribution in [0.5, 0.6) is 5.88 Å². The van der Waals surface area contributed by atoms with E-state index >= 15 is 0 Å². The Kier molecular flexibility index (Phi) is 6.30. The molecule has 0 saturated carbocycles. The highest BCUT2D eigenvalue weighted by Crippen LogP contribution is 2.10. The number of carbonyl (C=O) groups excluding carboxylic acids is 1. The van der Waals surface area contributed by atoms with Crippen molar-refractivity contribution < 1.29 is 9.53 Å². The van der Waals surface area contributed by atoms with E-state index in [4.69, 9.17) is 4.74 Å². The van der Waals surface area contributed by atoms with Gasteiger partial charge in [0, 0.05) is 25.1 Å². The van der Waals surface area contributed by atoms with E-state index < -0.39 is 0 Å². The summed E-state index contributed by atoms with van der Waals surface area (Å²) in [5, 5.41) is 0. The van der Waals surface area contributed by atoms with Crippen LogP contribution in [0, 0.1) is 0 Å². The lowest BCUT2D eigenvalue weighted by Crippen LogP contribution is -2.03. The molecule has 1 heterocycles. The van der Waals surface area contributed by atoms with Crippen molar-refractivity contribution in [2.45, 2.75) is 45.4 Å². The molecule has 0 aliphatic rings. The minimum Gasteiger partial charge on any atom is -0.481 e. The molecular weight excluding hydrogens is 214 g/mol. The Morgan fingerprint density at radius 2 is 2.12 bits per heavy atom. The third kappa shape index (κ3) is 5.48. The summed E-state index contributed by atoms with van der Waals surface area (Å²) in [6.07, 6.45) is 7.48. The van der Waals surface area contributed by atoms with Crippen LogP contribution in [0.4, 0.5) is 0 Å². The van der Waals surface area contributed by atoms with E-state index in [2.05, 4.69) is 11.9 Å². The lowest BCUT2D eigenvalue weighted by molar-refractivity contribution is -0.118. The molecule has 17 heavy (non-hydrogen) atoms. The maximum atomic E-state index is 11.7. The second-order valence-electron chi connectivity index (χ2n) is 4.23. The van der Waals surface area contributed by atoms with Crippen LogP contribution in [0.1, 0.15) is 44.6 Å². The number of carbonyl (C=O) groups is 1. The molecule has 1 aromatic rings. The molecule has 0 aliphatic heterocycles. The van der Waals surface area contributed by atoms with Gasteiger partial charge in [-0.1, -0.05) is 32.3 Å². The second kappa shape index (κ2) is 7.82. The lowest BCUT2D eigenvalue weighted by atomic mass is 10.1. The molecule has 0 aromatic carbocycles. The van der Waals surface area contributed by atoms with Gasteiger partial charge >= 0.3 is 0 Å². The summed E-state index contributed by atoms with van der Waals surface area (Å²) in [6, 6.07) is 3.69. The van der Waals surface area contributed by atoms with Gasteiger partial charge in [0.2, 0.25) is 5.88 Å². The van der Waals surface area contributed by atoms with E-state index in [-0.39, 0.29) is 0 Å². The monoisotopic (exact) mass is 235 g/mol. The van der Waals surface area contributed by atoms with E-state index in [0.29, 0.717) is 24.5 Å². The lowest BCUT2D eigenvalue weighted by Gasteiger charge is -2.02. The van der Waals surface area contributed by atoms with Crippen LogP contribution >= 0.6 is 0 Å². The van der Waals surface area contributed by atoms with Crippen LogP contribution in [0.25, 0.3) is 0 Å². The standard InChI is InChI=1S/C14H21NO2/c1-3-4-5-6-7-13(16)10-12-8-9-14(17-2)15-11-12/h8-9,11H,3-7,10H2,1-2H3. The van der Waals surface area contributed by atoms with Crippen LogP contribution in [0.3, 0.4) is 0 Å². The number of rotatable bonds is 8. The van der Waals surface area contributed by atoms with Gasteiger partial charge in [-0.3, -0.25) is 4.79 Å². The number of hydrogen-bond acceptors (Lipinski definition) is 3. The highest BCUT2D eigenvalue weighted by Gasteiger charge is 2.04. The van der Waals surface area contributed by atoms with Gasteiger partial charge in [-0.25, -0.2) is 4.98 Å². The highest BCUT2D eigenvalue weighted by molar-refractivity contribution is 5.80. The first kappa shape index (κ1) is 13.7. The van der Waals surface area contributed by atoms with E-state index in [0.717, 1.165) is 18.4 Å². The average Bonchev–Trinajstić information content (AvgIpc) is 2.36. The van der Waals surface area contributed by atoms with Crippen LogP contribution < -0.4 is 4.74 Å². The number of Topliss-reactive ketones (excluding diaryl/α,β-unsaturated/α-hetero) is 1. The number of hydrogen-bond donors (Lipinski definition) is 0. The molecule has 0 amide bonds. The van der Waals surface area contributed by atoms with Crippen LogP contribution in [0.15, 0.2) is 18.3 Å². The zero-order valence-electron chi connectivity index (χ0n) is 10.7. The van der Waals surface area contributed by atoms with Crippen molar-refractivity contribution >= 4 is 5.78 Å². The van der Waals surface area contributed by atoms with Crippen molar-refractivity contribution in [2.24, 2.45) is 0 Å². The summed E-state index contributed by atoms with van der Waals surface area (Å²) in [5.74, 6) is 0.886. The average molecular weight is 235 g/mol. The first-order chi connectivity index (χ1) is 8.26. The molecule has 3 nitrogen and oxygen atoms in total. The van der Waals surface area contributed by atoms with Crippen LogP contribution in [0.2, 0.25) is 0 Å². The van der Waals surface area contributed by atoms with Gasteiger partial charge in [0.25, 0.3) is 0 Å². The summed E-state index contributed by atoms with van der Waals surface area (Å²) < 4.78 is 4.97. The van der Waals surface area contributed by atoms with Crippen molar-refractivity contribution in [2.75, 3.05) is 7.11 Å². The molecule has 1 rings (SSSR count). The highest BCUT2D eigenvalue weighted by atomic mass is 16.5. The Labute approximate surface area is 103 Å². The molecule has 3 heteroatoms. The molecule has 0 N–H and O–H groups in total. The number of ketones is 1. The maximum absolute atomic E-state index is 11.7. The van der Waals surface area contributed by atoms with Gasteiger partial charge in [0.15, 0.2) is 0 Å². The zero-order valence-corrected chi connectivity index (χ0v) is 10.7. The molecule has 0 unspecified atom stereocenters. The molecule has 0 radical (unpaired) electrons. The first-order valence-corrected chi connectivity index (χ1v) is 6.27. The number of methoxy groups -OCH3 is 1. The molecule has 0 bridgehead atoms. The predicted octanol–water partition coefficient (Wildman–Crippen LogP) is 3.17. The van der Waals surface area contributed by atoms with E-state index in [1.165, 1.54) is 12.8 Å². The third-order valence-corrected chi connectivity index (χ3v) is 2.72. The molecule has 0 saturated heterocycles. The second-order valence-corrected chi connectivity index (χ2v) is 4.23. The fraction of sp³-hybridized carbons (Fsp3) is 0.571. The number of pyridine rings is 1.